The molecule has 0 aliphatic heterocycles. The zero-order valence-electron chi connectivity index (χ0n) is 8.16. The highest BCUT2D eigenvalue weighted by Crippen LogP contribution is 2.18. The second-order valence-corrected chi connectivity index (χ2v) is 3.69. The van der Waals surface area contributed by atoms with Gasteiger partial charge < -0.3 is 10.0 Å². The van der Waals surface area contributed by atoms with Crippen molar-refractivity contribution < 1.29 is 9.90 Å². The topological polar surface area (TPSA) is 66.3 Å². The van der Waals surface area contributed by atoms with Gasteiger partial charge in [-0.3, -0.25) is 0 Å². The maximum atomic E-state index is 10.6. The van der Waals surface area contributed by atoms with Crippen molar-refractivity contribution in [2.24, 2.45) is 0 Å². The fourth-order valence-electron chi connectivity index (χ4n) is 0.950. The van der Waals surface area contributed by atoms with Crippen LogP contribution in [0.1, 0.15) is 11.3 Å². The smallest absolute Gasteiger partial charge is 0.407 e. The molecule has 0 unspecified atom stereocenters. The Kier molecular flexibility index (Phi) is 3.71. The van der Waals surface area contributed by atoms with Crippen molar-refractivity contribution in [1.82, 2.24) is 14.9 Å². The Bertz CT molecular complexity index is 398. The van der Waals surface area contributed by atoms with Crippen LogP contribution >= 0.6 is 23.2 Å². The van der Waals surface area contributed by atoms with Gasteiger partial charge in [0.25, 0.3) is 0 Å². The number of hydrogen-bond acceptors (Lipinski definition) is 3. The molecule has 0 aliphatic rings. The summed E-state index contributed by atoms with van der Waals surface area (Å²) in [6, 6.07) is 0. The van der Waals surface area contributed by atoms with E-state index < -0.39 is 6.09 Å². The third-order valence-electron chi connectivity index (χ3n) is 1.87. The van der Waals surface area contributed by atoms with Crippen LogP contribution in [-0.4, -0.2) is 33.1 Å². The van der Waals surface area contributed by atoms with Crippen LogP contribution in [0.3, 0.4) is 0 Å². The minimum absolute atomic E-state index is 0.0133. The number of aromatic nitrogens is 2. The molecule has 0 spiro atoms. The first-order chi connectivity index (χ1) is 6.91. The Morgan fingerprint density at radius 3 is 2.60 bits per heavy atom. The summed E-state index contributed by atoms with van der Waals surface area (Å²) >= 11 is 11.4. The first kappa shape index (κ1) is 12.0. The van der Waals surface area contributed by atoms with Crippen molar-refractivity contribution in [1.29, 1.82) is 0 Å². The lowest BCUT2D eigenvalue weighted by atomic mass is 10.2. The van der Waals surface area contributed by atoms with Crippen LogP contribution in [0.4, 0.5) is 4.79 Å². The van der Waals surface area contributed by atoms with Crippen molar-refractivity contribution in [2.45, 2.75) is 13.5 Å². The number of nitrogens with zero attached hydrogens (tertiary/aromatic N) is 3. The molecule has 7 heteroatoms. The maximum absolute atomic E-state index is 10.6. The van der Waals surface area contributed by atoms with Gasteiger partial charge in [0, 0.05) is 12.6 Å². The standard InChI is InChI=1S/C8H9Cl2N3O2/c1-4-5(3-13(2)8(14)15)11-7(10)12-6(4)9/h3H2,1-2H3,(H,14,15). The lowest BCUT2D eigenvalue weighted by molar-refractivity contribution is 0.153. The van der Waals surface area contributed by atoms with E-state index in [0.29, 0.717) is 11.3 Å². The van der Waals surface area contributed by atoms with Gasteiger partial charge in [0.1, 0.15) is 5.15 Å². The van der Waals surface area contributed by atoms with E-state index in [1.54, 1.807) is 6.92 Å². The Balaban J connectivity index is 2.99. The van der Waals surface area contributed by atoms with Crippen molar-refractivity contribution in [3.8, 4) is 0 Å². The summed E-state index contributed by atoms with van der Waals surface area (Å²) in [5, 5.41) is 8.94. The molecule has 82 valence electrons. The van der Waals surface area contributed by atoms with Gasteiger partial charge in [0.05, 0.1) is 12.2 Å². The highest BCUT2D eigenvalue weighted by atomic mass is 35.5. The quantitative estimate of drug-likeness (QED) is 0.645. The fourth-order valence-corrected chi connectivity index (χ4v) is 1.37. The van der Waals surface area contributed by atoms with Crippen molar-refractivity contribution in [3.63, 3.8) is 0 Å². The molecule has 0 radical (unpaired) electrons. The molecule has 0 aliphatic carbocycles. The van der Waals surface area contributed by atoms with Gasteiger partial charge in [-0.05, 0) is 18.5 Å². The Morgan fingerprint density at radius 2 is 2.07 bits per heavy atom. The minimum Gasteiger partial charge on any atom is -0.465 e. The second kappa shape index (κ2) is 4.63. The van der Waals surface area contributed by atoms with Crippen LogP contribution in [0.25, 0.3) is 0 Å². The molecule has 5 nitrogen and oxygen atoms in total. The third-order valence-corrected chi connectivity index (χ3v) is 2.41. The summed E-state index contributed by atoms with van der Waals surface area (Å²) in [5.41, 5.74) is 1.14. The highest BCUT2D eigenvalue weighted by Gasteiger charge is 2.13. The largest absolute Gasteiger partial charge is 0.465 e. The molecule has 0 saturated carbocycles. The summed E-state index contributed by atoms with van der Waals surface area (Å²) in [5.74, 6) is 0. The molecule has 1 rings (SSSR count). The van der Waals surface area contributed by atoms with Gasteiger partial charge in [0.15, 0.2) is 0 Å². The van der Waals surface area contributed by atoms with E-state index >= 15 is 0 Å². The molecule has 0 atom stereocenters. The van der Waals surface area contributed by atoms with Crippen LogP contribution in [0.15, 0.2) is 0 Å². The first-order valence-corrected chi connectivity index (χ1v) is 4.80. The van der Waals surface area contributed by atoms with Crippen LogP contribution in [-0.2, 0) is 6.54 Å². The number of rotatable bonds is 2. The third kappa shape index (κ3) is 2.94. The average molecular weight is 250 g/mol. The maximum Gasteiger partial charge on any atom is 0.407 e. The van der Waals surface area contributed by atoms with E-state index in [1.165, 1.54) is 7.05 Å². The van der Waals surface area contributed by atoms with Crippen LogP contribution in [0, 0.1) is 6.92 Å². The second-order valence-electron chi connectivity index (χ2n) is 2.99. The first-order valence-electron chi connectivity index (χ1n) is 4.04. The average Bonchev–Trinajstić information content (AvgIpc) is 2.13. The molecule has 0 aromatic carbocycles. The van der Waals surface area contributed by atoms with E-state index in [1.807, 2.05) is 0 Å². The number of carboxylic acid groups (broad SMARTS) is 1. The lowest BCUT2D eigenvalue weighted by Gasteiger charge is -2.14. The summed E-state index contributed by atoms with van der Waals surface area (Å²) in [4.78, 5) is 19.3. The molecule has 15 heavy (non-hydrogen) atoms. The van der Waals surface area contributed by atoms with Crippen molar-refractivity contribution >= 4 is 29.3 Å². The van der Waals surface area contributed by atoms with Crippen molar-refractivity contribution in [2.75, 3.05) is 7.05 Å². The fraction of sp³-hybridized carbons (Fsp3) is 0.375. The molecule has 1 heterocycles. The van der Waals surface area contributed by atoms with E-state index in [4.69, 9.17) is 28.3 Å². The zero-order valence-corrected chi connectivity index (χ0v) is 9.67. The van der Waals surface area contributed by atoms with E-state index in [-0.39, 0.29) is 17.0 Å². The Morgan fingerprint density at radius 1 is 1.47 bits per heavy atom. The summed E-state index contributed by atoms with van der Waals surface area (Å²) in [6.07, 6.45) is -1.04. The molecular formula is C8H9Cl2N3O2. The van der Waals surface area contributed by atoms with Crippen molar-refractivity contribution in [3.05, 3.63) is 21.7 Å². The van der Waals surface area contributed by atoms with Gasteiger partial charge in [-0.1, -0.05) is 11.6 Å². The number of amides is 1. The van der Waals surface area contributed by atoms with Crippen LogP contribution in [0.2, 0.25) is 10.4 Å². The van der Waals surface area contributed by atoms with E-state index in [2.05, 4.69) is 9.97 Å². The zero-order chi connectivity index (χ0) is 11.6. The predicted octanol–water partition coefficient (Wildman–Crippen LogP) is 2.20. The normalized spacial score (nSPS) is 10.1. The monoisotopic (exact) mass is 249 g/mol. The molecule has 1 N–H and O–H groups in total. The molecule has 0 bridgehead atoms. The molecule has 1 aromatic heterocycles. The Hall–Kier alpha value is -1.07. The molecule has 1 amide bonds. The minimum atomic E-state index is -1.04. The number of hydrogen-bond donors (Lipinski definition) is 1. The SMILES string of the molecule is Cc1c(Cl)nc(Cl)nc1CN(C)C(=O)O. The molecule has 1 aromatic rings. The predicted molar refractivity (Wildman–Crippen MR) is 56.3 cm³/mol. The highest BCUT2D eigenvalue weighted by molar-refractivity contribution is 6.32. The summed E-state index contributed by atoms with van der Waals surface area (Å²) in [6.45, 7) is 1.84. The van der Waals surface area contributed by atoms with Gasteiger partial charge in [-0.15, -0.1) is 0 Å². The van der Waals surface area contributed by atoms with Gasteiger partial charge >= 0.3 is 6.09 Å². The Labute approximate surface area is 96.7 Å². The van der Waals surface area contributed by atoms with Crippen LogP contribution in [0.5, 0.6) is 0 Å². The van der Waals surface area contributed by atoms with Gasteiger partial charge in [0.2, 0.25) is 5.28 Å². The number of halogens is 2. The van der Waals surface area contributed by atoms with Gasteiger partial charge in [-0.25, -0.2) is 14.8 Å². The van der Waals surface area contributed by atoms with Crippen LogP contribution < -0.4 is 0 Å². The van der Waals surface area contributed by atoms with E-state index in [0.717, 1.165) is 4.90 Å². The summed E-state index contributed by atoms with van der Waals surface area (Å²) in [7, 11) is 1.44. The summed E-state index contributed by atoms with van der Waals surface area (Å²) < 4.78 is 0. The number of carbonyl (C=O) groups is 1. The lowest BCUT2D eigenvalue weighted by Crippen LogP contribution is -2.25. The molecular weight excluding hydrogens is 241 g/mol. The molecule has 0 saturated heterocycles. The van der Waals surface area contributed by atoms with Gasteiger partial charge in [-0.2, -0.15) is 0 Å². The molecule has 0 fully saturated rings. The van der Waals surface area contributed by atoms with E-state index in [9.17, 15) is 4.79 Å².